The standard InChI is InChI=1S/C17H24N4O.HI/c1-4-5-11-21(3)17(18-2)19-13-15-12-16(22-20-15)14-9-7-6-8-10-14;/h6-10,12H,4-5,11,13H2,1-3H3,(H,18,19);1H. The molecule has 0 bridgehead atoms. The summed E-state index contributed by atoms with van der Waals surface area (Å²) in [5.41, 5.74) is 1.90. The van der Waals surface area contributed by atoms with Crippen molar-refractivity contribution >= 4 is 29.9 Å². The van der Waals surface area contributed by atoms with Crippen LogP contribution in [0.15, 0.2) is 45.9 Å². The summed E-state index contributed by atoms with van der Waals surface area (Å²) in [5.74, 6) is 1.66. The molecule has 0 radical (unpaired) electrons. The van der Waals surface area contributed by atoms with Crippen molar-refractivity contribution in [3.8, 4) is 11.3 Å². The molecule has 5 nitrogen and oxygen atoms in total. The molecular weight excluding hydrogens is 403 g/mol. The van der Waals surface area contributed by atoms with Gasteiger partial charge in [-0.25, -0.2) is 0 Å². The molecule has 126 valence electrons. The molecule has 1 N–H and O–H groups in total. The van der Waals surface area contributed by atoms with Gasteiger partial charge < -0.3 is 14.7 Å². The third-order valence-corrected chi connectivity index (χ3v) is 3.47. The second kappa shape index (κ2) is 10.3. The van der Waals surface area contributed by atoms with Crippen LogP contribution in [0.2, 0.25) is 0 Å². The highest BCUT2D eigenvalue weighted by atomic mass is 127. The Morgan fingerprint density at radius 2 is 2.04 bits per heavy atom. The first-order valence-corrected chi connectivity index (χ1v) is 7.67. The maximum absolute atomic E-state index is 5.40. The van der Waals surface area contributed by atoms with E-state index in [2.05, 4.69) is 27.3 Å². The molecule has 0 fully saturated rings. The molecule has 2 rings (SSSR count). The van der Waals surface area contributed by atoms with E-state index >= 15 is 0 Å². The fourth-order valence-corrected chi connectivity index (χ4v) is 2.19. The molecule has 0 aliphatic heterocycles. The minimum Gasteiger partial charge on any atom is -0.356 e. The molecule has 0 saturated carbocycles. The molecular formula is C17H25IN4O. The monoisotopic (exact) mass is 428 g/mol. The highest BCUT2D eigenvalue weighted by Crippen LogP contribution is 2.19. The highest BCUT2D eigenvalue weighted by Gasteiger charge is 2.09. The van der Waals surface area contributed by atoms with E-state index in [4.69, 9.17) is 4.52 Å². The molecule has 1 aromatic heterocycles. The predicted molar refractivity (Wildman–Crippen MR) is 105 cm³/mol. The lowest BCUT2D eigenvalue weighted by Gasteiger charge is -2.21. The number of hydrogen-bond acceptors (Lipinski definition) is 3. The zero-order valence-corrected chi connectivity index (χ0v) is 16.3. The van der Waals surface area contributed by atoms with Gasteiger partial charge in [-0.15, -0.1) is 24.0 Å². The molecule has 0 aliphatic rings. The summed E-state index contributed by atoms with van der Waals surface area (Å²) in [6.45, 7) is 3.77. The predicted octanol–water partition coefficient (Wildman–Crippen LogP) is 3.77. The molecule has 0 aliphatic carbocycles. The molecule has 0 unspecified atom stereocenters. The summed E-state index contributed by atoms with van der Waals surface area (Å²) in [6.07, 6.45) is 2.32. The van der Waals surface area contributed by atoms with Crippen LogP contribution >= 0.6 is 24.0 Å². The number of unbranched alkanes of at least 4 members (excludes halogenated alkanes) is 1. The summed E-state index contributed by atoms with van der Waals surface area (Å²) >= 11 is 0. The largest absolute Gasteiger partial charge is 0.356 e. The van der Waals surface area contributed by atoms with Crippen LogP contribution in [-0.4, -0.2) is 36.7 Å². The molecule has 0 saturated heterocycles. The Kier molecular flexibility index (Phi) is 8.68. The molecule has 6 heteroatoms. The molecule has 23 heavy (non-hydrogen) atoms. The van der Waals surface area contributed by atoms with E-state index in [1.54, 1.807) is 7.05 Å². The second-order valence-electron chi connectivity index (χ2n) is 5.22. The van der Waals surface area contributed by atoms with E-state index in [-0.39, 0.29) is 24.0 Å². The number of benzene rings is 1. The van der Waals surface area contributed by atoms with Crippen LogP contribution in [0, 0.1) is 0 Å². The number of rotatable bonds is 6. The topological polar surface area (TPSA) is 53.7 Å². The average Bonchev–Trinajstić information content (AvgIpc) is 3.03. The fraction of sp³-hybridized carbons (Fsp3) is 0.412. The van der Waals surface area contributed by atoms with Crippen LogP contribution in [0.4, 0.5) is 0 Å². The SMILES string of the molecule is CCCCN(C)C(=NC)NCc1cc(-c2ccccc2)on1.I. The molecule has 2 aromatic rings. The van der Waals surface area contributed by atoms with Crippen LogP contribution in [-0.2, 0) is 6.54 Å². The van der Waals surface area contributed by atoms with Gasteiger partial charge >= 0.3 is 0 Å². The molecule has 0 amide bonds. The molecule has 0 atom stereocenters. The van der Waals surface area contributed by atoms with Crippen molar-refractivity contribution in [1.82, 2.24) is 15.4 Å². The van der Waals surface area contributed by atoms with E-state index in [0.29, 0.717) is 6.54 Å². The van der Waals surface area contributed by atoms with Crippen molar-refractivity contribution < 1.29 is 4.52 Å². The van der Waals surface area contributed by atoms with Crippen molar-refractivity contribution in [2.75, 3.05) is 20.6 Å². The summed E-state index contributed by atoms with van der Waals surface area (Å²) in [6, 6.07) is 11.9. The van der Waals surface area contributed by atoms with Crippen molar-refractivity contribution in [3.05, 3.63) is 42.1 Å². The number of nitrogens with one attached hydrogen (secondary N) is 1. The van der Waals surface area contributed by atoms with Crippen molar-refractivity contribution in [2.24, 2.45) is 4.99 Å². The first-order chi connectivity index (χ1) is 10.7. The average molecular weight is 428 g/mol. The minimum atomic E-state index is 0. The second-order valence-corrected chi connectivity index (χ2v) is 5.22. The number of halogens is 1. The lowest BCUT2D eigenvalue weighted by Crippen LogP contribution is -2.39. The quantitative estimate of drug-likeness (QED) is 0.433. The van der Waals surface area contributed by atoms with Gasteiger partial charge in [0.15, 0.2) is 11.7 Å². The summed E-state index contributed by atoms with van der Waals surface area (Å²) in [4.78, 5) is 6.42. The summed E-state index contributed by atoms with van der Waals surface area (Å²) in [7, 11) is 3.84. The van der Waals surface area contributed by atoms with Gasteiger partial charge in [-0.05, 0) is 6.42 Å². The smallest absolute Gasteiger partial charge is 0.193 e. The van der Waals surface area contributed by atoms with E-state index in [1.165, 1.54) is 6.42 Å². The summed E-state index contributed by atoms with van der Waals surface area (Å²) in [5, 5.41) is 7.42. The number of aromatic nitrogens is 1. The Balaban J connectivity index is 0.00000264. The Labute approximate surface area is 155 Å². The Hall–Kier alpha value is -1.57. The van der Waals surface area contributed by atoms with Gasteiger partial charge in [-0.2, -0.15) is 0 Å². The molecule has 0 spiro atoms. The van der Waals surface area contributed by atoms with Crippen LogP contribution < -0.4 is 5.32 Å². The lowest BCUT2D eigenvalue weighted by molar-refractivity contribution is 0.420. The van der Waals surface area contributed by atoms with Crippen LogP contribution in [0.1, 0.15) is 25.5 Å². The molecule has 1 aromatic carbocycles. The zero-order valence-electron chi connectivity index (χ0n) is 14.0. The first-order valence-electron chi connectivity index (χ1n) is 7.67. The van der Waals surface area contributed by atoms with Gasteiger partial charge in [0.25, 0.3) is 0 Å². The number of aliphatic imine (C=N–C) groups is 1. The van der Waals surface area contributed by atoms with Gasteiger partial charge in [-0.3, -0.25) is 4.99 Å². The van der Waals surface area contributed by atoms with E-state index < -0.39 is 0 Å². The van der Waals surface area contributed by atoms with Crippen molar-refractivity contribution in [2.45, 2.75) is 26.3 Å². The number of nitrogens with zero attached hydrogens (tertiary/aromatic N) is 3. The van der Waals surface area contributed by atoms with Crippen LogP contribution in [0.25, 0.3) is 11.3 Å². The number of guanidine groups is 1. The Morgan fingerprint density at radius 1 is 1.30 bits per heavy atom. The normalized spacial score (nSPS) is 11.0. The van der Waals surface area contributed by atoms with E-state index in [1.807, 2.05) is 43.4 Å². The third-order valence-electron chi connectivity index (χ3n) is 3.47. The van der Waals surface area contributed by atoms with Gasteiger partial charge in [0.2, 0.25) is 0 Å². The lowest BCUT2D eigenvalue weighted by atomic mass is 10.2. The van der Waals surface area contributed by atoms with Gasteiger partial charge in [0.05, 0.1) is 6.54 Å². The Bertz CT molecular complexity index is 598. The van der Waals surface area contributed by atoms with Crippen molar-refractivity contribution in [3.63, 3.8) is 0 Å². The summed E-state index contributed by atoms with van der Waals surface area (Å²) < 4.78 is 5.40. The number of hydrogen-bond donors (Lipinski definition) is 1. The minimum absolute atomic E-state index is 0. The fourth-order valence-electron chi connectivity index (χ4n) is 2.19. The van der Waals surface area contributed by atoms with Crippen molar-refractivity contribution in [1.29, 1.82) is 0 Å². The maximum Gasteiger partial charge on any atom is 0.193 e. The third kappa shape index (κ3) is 5.85. The first kappa shape index (κ1) is 19.5. The van der Waals surface area contributed by atoms with E-state index in [9.17, 15) is 0 Å². The van der Waals surface area contributed by atoms with Crippen LogP contribution in [0.5, 0.6) is 0 Å². The zero-order chi connectivity index (χ0) is 15.8. The van der Waals surface area contributed by atoms with Gasteiger partial charge in [-0.1, -0.05) is 48.8 Å². The van der Waals surface area contributed by atoms with Crippen LogP contribution in [0.3, 0.4) is 0 Å². The highest BCUT2D eigenvalue weighted by molar-refractivity contribution is 14.0. The van der Waals surface area contributed by atoms with Gasteiger partial charge in [0, 0.05) is 32.3 Å². The Morgan fingerprint density at radius 3 is 2.70 bits per heavy atom. The molecule has 1 heterocycles. The van der Waals surface area contributed by atoms with Gasteiger partial charge in [0.1, 0.15) is 5.69 Å². The van der Waals surface area contributed by atoms with E-state index in [0.717, 1.165) is 35.9 Å². The maximum atomic E-state index is 5.40.